The summed E-state index contributed by atoms with van der Waals surface area (Å²) in [5.41, 5.74) is 0. The summed E-state index contributed by atoms with van der Waals surface area (Å²) in [6, 6.07) is 2.16. The highest BCUT2D eigenvalue weighted by atomic mass is 28.5. The fourth-order valence-electron chi connectivity index (χ4n) is 3.19. The minimum Gasteiger partial charge on any atom is -0.420 e. The summed E-state index contributed by atoms with van der Waals surface area (Å²) in [6.45, 7) is 39.8. The molecule has 0 heterocycles. The van der Waals surface area contributed by atoms with E-state index in [0.717, 1.165) is 12.5 Å². The maximum absolute atomic E-state index is 7.42. The largest absolute Gasteiger partial charge is 0.469 e. The summed E-state index contributed by atoms with van der Waals surface area (Å²) in [5.74, 6) is 0. The molecule has 0 saturated heterocycles. The number of hydrogen-bond donors (Lipinski definition) is 0. The molecule has 9 heteroatoms. The Balaban J connectivity index is 6.25. The summed E-state index contributed by atoms with van der Waals surface area (Å²) >= 11 is 0. The second-order valence-corrected chi connectivity index (χ2v) is 38.5. The van der Waals surface area contributed by atoms with Crippen LogP contribution in [0.1, 0.15) is 88.0 Å². The minimum atomic E-state index is -2.97. The Morgan fingerprint density at radius 2 is 0.722 bits per heavy atom. The summed E-state index contributed by atoms with van der Waals surface area (Å²) in [6.07, 6.45) is 4.80. The molecule has 0 N–H and O–H groups in total. The van der Waals surface area contributed by atoms with Gasteiger partial charge in [0.05, 0.1) is 0 Å². The van der Waals surface area contributed by atoms with Gasteiger partial charge in [0, 0.05) is 13.2 Å². The van der Waals surface area contributed by atoms with Gasteiger partial charge in [0.15, 0.2) is 33.3 Å². The van der Waals surface area contributed by atoms with Gasteiger partial charge in [-0.15, -0.1) is 0 Å². The van der Waals surface area contributed by atoms with Crippen LogP contribution in [0.15, 0.2) is 0 Å². The van der Waals surface area contributed by atoms with Gasteiger partial charge in [-0.3, -0.25) is 0 Å². The van der Waals surface area contributed by atoms with Crippen LogP contribution in [0.5, 0.6) is 0 Å². The first kappa shape index (κ1) is 36.9. The van der Waals surface area contributed by atoms with Gasteiger partial charge in [-0.25, -0.2) is 0 Å². The fraction of sp³-hybridized carbons (Fsp3) is 1.00. The lowest BCUT2D eigenvalue weighted by molar-refractivity contribution is 0.227. The molecule has 0 bridgehead atoms. The molecular formula is C27H66O4Si5. The van der Waals surface area contributed by atoms with Crippen molar-refractivity contribution in [2.24, 2.45) is 0 Å². The first-order chi connectivity index (χ1) is 15.6. The van der Waals surface area contributed by atoms with Crippen LogP contribution in [0.25, 0.3) is 0 Å². The Labute approximate surface area is 232 Å². The van der Waals surface area contributed by atoms with Gasteiger partial charge in [-0.2, -0.15) is 0 Å². The average molecular weight is 595 g/mol. The van der Waals surface area contributed by atoms with Crippen molar-refractivity contribution in [2.45, 2.75) is 168 Å². The molecule has 0 aliphatic heterocycles. The van der Waals surface area contributed by atoms with Gasteiger partial charge in [0.2, 0.25) is 0 Å². The first-order valence-corrected chi connectivity index (χ1v) is 28.1. The van der Waals surface area contributed by atoms with Gasteiger partial charge in [0.1, 0.15) is 0 Å². The number of unbranched alkanes of at least 4 members (excludes halogenated alkanes) is 3. The monoisotopic (exact) mass is 594 g/mol. The zero-order valence-corrected chi connectivity index (χ0v) is 32.9. The van der Waals surface area contributed by atoms with Crippen LogP contribution in [-0.2, 0) is 16.8 Å². The van der Waals surface area contributed by atoms with E-state index in [0.29, 0.717) is 0 Å². The van der Waals surface area contributed by atoms with Crippen LogP contribution in [0.3, 0.4) is 0 Å². The Morgan fingerprint density at radius 1 is 0.444 bits per heavy atom. The van der Waals surface area contributed by atoms with E-state index >= 15 is 0 Å². The molecule has 0 amide bonds. The maximum atomic E-state index is 7.42. The van der Waals surface area contributed by atoms with Crippen LogP contribution in [0.2, 0.25) is 79.6 Å². The molecule has 0 atom stereocenters. The van der Waals surface area contributed by atoms with Gasteiger partial charge >= 0.3 is 8.80 Å². The predicted molar refractivity (Wildman–Crippen MR) is 173 cm³/mol. The minimum absolute atomic E-state index is 0.106. The summed E-state index contributed by atoms with van der Waals surface area (Å²) in [7, 11) is -8.93. The Morgan fingerprint density at radius 3 is 0.972 bits per heavy atom. The molecular weight excluding hydrogens is 529 g/mol. The molecule has 0 aromatic rings. The van der Waals surface area contributed by atoms with Crippen LogP contribution in [0.4, 0.5) is 0 Å². The van der Waals surface area contributed by atoms with Crippen molar-refractivity contribution in [3.8, 4) is 0 Å². The van der Waals surface area contributed by atoms with Gasteiger partial charge < -0.3 is 16.8 Å². The van der Waals surface area contributed by atoms with Crippen LogP contribution in [-0.4, -0.2) is 49.2 Å². The van der Waals surface area contributed by atoms with Gasteiger partial charge in [0.25, 0.3) is 0 Å². The van der Waals surface area contributed by atoms with Crippen molar-refractivity contribution in [2.75, 3.05) is 7.11 Å². The highest BCUT2D eigenvalue weighted by molar-refractivity contribution is 6.92. The smallest absolute Gasteiger partial charge is 0.420 e. The molecule has 0 spiro atoms. The summed E-state index contributed by atoms with van der Waals surface area (Å²) in [4.78, 5) is 0. The second-order valence-electron chi connectivity index (χ2n) is 16.1. The molecule has 0 radical (unpaired) electrons. The second kappa shape index (κ2) is 12.6. The molecule has 4 nitrogen and oxygen atoms in total. The highest BCUT2D eigenvalue weighted by Crippen LogP contribution is 2.47. The fourth-order valence-corrected chi connectivity index (χ4v) is 21.0. The summed E-state index contributed by atoms with van der Waals surface area (Å²) < 4.78 is 28.0. The molecule has 0 fully saturated rings. The molecule has 0 aromatic carbocycles. The molecule has 0 aliphatic carbocycles. The molecule has 0 aromatic heterocycles. The molecule has 36 heavy (non-hydrogen) atoms. The van der Waals surface area contributed by atoms with E-state index in [4.69, 9.17) is 16.8 Å². The van der Waals surface area contributed by atoms with E-state index in [2.05, 4.69) is 115 Å². The van der Waals surface area contributed by atoms with E-state index in [1.165, 1.54) is 25.3 Å². The van der Waals surface area contributed by atoms with Gasteiger partial charge in [-0.05, 0) is 80.0 Å². The zero-order chi connectivity index (χ0) is 29.1. The quantitative estimate of drug-likeness (QED) is 0.148. The highest BCUT2D eigenvalue weighted by Gasteiger charge is 2.57. The average Bonchev–Trinajstić information content (AvgIpc) is 2.60. The zero-order valence-electron chi connectivity index (χ0n) is 27.9. The normalized spacial score (nSPS) is 15.5. The first-order valence-electron chi connectivity index (χ1n) is 14.3. The topological polar surface area (TPSA) is 36.9 Å². The lowest BCUT2D eigenvalue weighted by atomic mass is 10.2. The summed E-state index contributed by atoms with van der Waals surface area (Å²) in [5, 5.41) is 0.319. The molecule has 0 rings (SSSR count). The van der Waals surface area contributed by atoms with Crippen LogP contribution >= 0.6 is 0 Å². The van der Waals surface area contributed by atoms with E-state index in [-0.39, 0.29) is 15.1 Å². The molecule has 218 valence electrons. The molecule has 0 saturated carbocycles. The van der Waals surface area contributed by atoms with Crippen molar-refractivity contribution >= 4 is 42.1 Å². The maximum Gasteiger partial charge on any atom is 0.469 e. The van der Waals surface area contributed by atoms with E-state index in [1.807, 2.05) is 7.11 Å². The van der Waals surface area contributed by atoms with Gasteiger partial charge in [-0.1, -0.05) is 81.6 Å². The number of rotatable bonds is 14. The van der Waals surface area contributed by atoms with Crippen molar-refractivity contribution in [1.29, 1.82) is 0 Å². The third-order valence-electron chi connectivity index (χ3n) is 9.21. The Kier molecular flexibility index (Phi) is 12.9. The predicted octanol–water partition coefficient (Wildman–Crippen LogP) is 10.4. The number of hydrogen-bond acceptors (Lipinski definition) is 4. The SMILES string of the molecule is CO[Si](C)(C)CCCCCC[Si](O[Si](C)(C)C(C)(C)C)(O[Si](C)(C)C(C)(C)C)O[Si](C)(C)C(C)(C)C. The Bertz CT molecular complexity index is 602. The lowest BCUT2D eigenvalue weighted by Gasteiger charge is -2.52. The van der Waals surface area contributed by atoms with Crippen molar-refractivity contribution in [3.05, 3.63) is 0 Å². The van der Waals surface area contributed by atoms with Crippen molar-refractivity contribution in [3.63, 3.8) is 0 Å². The van der Waals surface area contributed by atoms with E-state index < -0.39 is 42.1 Å². The Hall–Kier alpha value is 0.924. The van der Waals surface area contributed by atoms with E-state index in [9.17, 15) is 0 Å². The third-order valence-corrected chi connectivity index (χ3v) is 33.5. The van der Waals surface area contributed by atoms with E-state index in [1.54, 1.807) is 0 Å². The molecule has 0 unspecified atom stereocenters. The lowest BCUT2D eigenvalue weighted by Crippen LogP contribution is -2.65. The third kappa shape index (κ3) is 11.2. The van der Waals surface area contributed by atoms with Crippen LogP contribution in [0, 0.1) is 0 Å². The van der Waals surface area contributed by atoms with Crippen molar-refractivity contribution in [1.82, 2.24) is 0 Å². The van der Waals surface area contributed by atoms with Crippen molar-refractivity contribution < 1.29 is 16.8 Å². The van der Waals surface area contributed by atoms with Crippen LogP contribution < -0.4 is 0 Å². The standard InChI is InChI=1S/C27H66O4Si5/c1-25(2,3)33(13,14)29-36(30-34(15,16)26(4,5)6,31-35(17,18)27(7,8)9)24-22-20-19-21-23-32(11,12)28-10/h19-24H2,1-18H3. The molecule has 0 aliphatic rings.